The molecule has 1 saturated carbocycles. The Morgan fingerprint density at radius 2 is 1.38 bits per heavy atom. The topological polar surface area (TPSA) is 68.2 Å². The third-order valence-corrected chi connectivity index (χ3v) is 9.84. The van der Waals surface area contributed by atoms with E-state index in [1.54, 1.807) is 11.1 Å². The second-order valence-corrected chi connectivity index (χ2v) is 12.0. The van der Waals surface area contributed by atoms with Crippen LogP contribution < -0.4 is 10.6 Å². The molecule has 0 radical (unpaired) electrons. The number of fused-ring (bicyclic) bond motifs is 5. The van der Waals surface area contributed by atoms with E-state index in [-0.39, 0.29) is 12.1 Å². The molecule has 1 aliphatic carbocycles. The fraction of sp³-hybridized carbons (Fsp3) is 0.429. The van der Waals surface area contributed by atoms with Crippen molar-refractivity contribution < 1.29 is 4.79 Å². The molecular formula is C35H40N4O. The summed E-state index contributed by atoms with van der Waals surface area (Å²) in [6.07, 6.45) is 8.19. The predicted octanol–water partition coefficient (Wildman–Crippen LogP) is 7.02. The lowest BCUT2D eigenvalue weighted by atomic mass is 9.70. The van der Waals surface area contributed by atoms with Crippen LogP contribution in [0.2, 0.25) is 0 Å². The van der Waals surface area contributed by atoms with Gasteiger partial charge in [-0.05, 0) is 86.6 Å². The van der Waals surface area contributed by atoms with Gasteiger partial charge < -0.3 is 10.6 Å². The molecule has 0 unspecified atom stereocenters. The lowest BCUT2D eigenvalue weighted by Crippen LogP contribution is -2.53. The molecule has 2 amide bonds. The number of rotatable bonds is 8. The van der Waals surface area contributed by atoms with E-state index in [2.05, 4.69) is 45.9 Å². The predicted molar refractivity (Wildman–Crippen MR) is 159 cm³/mol. The lowest BCUT2D eigenvalue weighted by Gasteiger charge is -2.35. The number of nitrogens with zero attached hydrogens (tertiary/aromatic N) is 2. The maximum Gasteiger partial charge on any atom is 0.315 e. The zero-order valence-corrected chi connectivity index (χ0v) is 23.4. The highest BCUT2D eigenvalue weighted by molar-refractivity contribution is 5.75. The molecule has 5 heteroatoms. The molecule has 3 atom stereocenters. The first-order valence-corrected chi connectivity index (χ1v) is 15.0. The van der Waals surface area contributed by atoms with E-state index < -0.39 is 11.5 Å². The highest BCUT2D eigenvalue weighted by Crippen LogP contribution is 2.53. The summed E-state index contributed by atoms with van der Waals surface area (Å²) in [4.78, 5) is 15.9. The SMILES string of the molecule is C[C@H](NC(=O)NC1CCC(CCN2[C@@H]3CC[C@H]2c2ccccc23)CC1)C(C#N)(c1ccccc1)c1ccccc1. The first kappa shape index (κ1) is 26.6. The van der Waals surface area contributed by atoms with Gasteiger partial charge in [-0.2, -0.15) is 5.26 Å². The molecule has 2 heterocycles. The van der Waals surface area contributed by atoms with Crippen LogP contribution in [0.4, 0.5) is 4.79 Å². The van der Waals surface area contributed by atoms with Crippen LogP contribution >= 0.6 is 0 Å². The van der Waals surface area contributed by atoms with Gasteiger partial charge in [0.2, 0.25) is 0 Å². The van der Waals surface area contributed by atoms with Crippen molar-refractivity contribution in [1.82, 2.24) is 15.5 Å². The molecule has 0 spiro atoms. The Labute approximate surface area is 238 Å². The molecule has 206 valence electrons. The van der Waals surface area contributed by atoms with E-state index in [4.69, 9.17) is 0 Å². The Bertz CT molecular complexity index is 1270. The molecule has 0 aromatic heterocycles. The number of carbonyl (C=O) groups is 1. The molecule has 3 aromatic carbocycles. The van der Waals surface area contributed by atoms with Crippen molar-refractivity contribution in [1.29, 1.82) is 5.26 Å². The first-order valence-electron chi connectivity index (χ1n) is 15.0. The molecule has 2 fully saturated rings. The normalized spacial score (nSPS) is 24.6. The van der Waals surface area contributed by atoms with Crippen LogP contribution in [0.5, 0.6) is 0 Å². The summed E-state index contributed by atoms with van der Waals surface area (Å²) < 4.78 is 0. The van der Waals surface area contributed by atoms with Crippen LogP contribution in [0.3, 0.4) is 0 Å². The third-order valence-electron chi connectivity index (χ3n) is 9.84. The van der Waals surface area contributed by atoms with Crippen LogP contribution in [0.15, 0.2) is 84.9 Å². The van der Waals surface area contributed by atoms with Crippen LogP contribution in [0.1, 0.15) is 86.2 Å². The maximum atomic E-state index is 13.2. The number of hydrogen-bond acceptors (Lipinski definition) is 3. The monoisotopic (exact) mass is 532 g/mol. The number of carbonyl (C=O) groups excluding carboxylic acids is 1. The maximum absolute atomic E-state index is 13.2. The van der Waals surface area contributed by atoms with Crippen LogP contribution in [0, 0.1) is 17.2 Å². The van der Waals surface area contributed by atoms with E-state index in [0.29, 0.717) is 12.1 Å². The summed E-state index contributed by atoms with van der Waals surface area (Å²) in [5, 5.41) is 16.9. The molecule has 5 nitrogen and oxygen atoms in total. The Hall–Kier alpha value is -3.62. The smallest absolute Gasteiger partial charge is 0.315 e. The Morgan fingerprint density at radius 1 is 0.850 bits per heavy atom. The van der Waals surface area contributed by atoms with Gasteiger partial charge in [0.25, 0.3) is 0 Å². The first-order chi connectivity index (χ1) is 19.6. The summed E-state index contributed by atoms with van der Waals surface area (Å²) in [6.45, 7) is 3.11. The summed E-state index contributed by atoms with van der Waals surface area (Å²) in [7, 11) is 0. The Morgan fingerprint density at radius 3 is 1.90 bits per heavy atom. The van der Waals surface area contributed by atoms with Gasteiger partial charge in [-0.3, -0.25) is 4.90 Å². The standard InChI is InChI=1S/C35H40N4O/c1-25(35(24-36,27-10-4-2-5-11-27)28-12-6-3-7-13-28)37-34(40)38-29-18-16-26(17-19-29)22-23-39-32-20-21-33(39)31-15-9-8-14-30(31)32/h2-15,25-26,29,32-33H,16-23H2,1H3,(H2,37,38,40)/t25-,26?,29?,32-,33+/m0/s1. The summed E-state index contributed by atoms with van der Waals surface area (Å²) in [6, 6.07) is 32.0. The van der Waals surface area contributed by atoms with Gasteiger partial charge in [0.05, 0.1) is 12.1 Å². The second-order valence-electron chi connectivity index (χ2n) is 12.0. The molecule has 2 aliphatic heterocycles. The van der Waals surface area contributed by atoms with Crippen LogP contribution in [-0.2, 0) is 5.41 Å². The fourth-order valence-corrected chi connectivity index (χ4v) is 7.72. The molecule has 2 bridgehead atoms. The van der Waals surface area contributed by atoms with Crippen molar-refractivity contribution in [3.63, 3.8) is 0 Å². The number of nitriles is 1. The quantitative estimate of drug-likeness (QED) is 0.327. The molecule has 3 aliphatic rings. The van der Waals surface area contributed by atoms with Gasteiger partial charge in [-0.15, -0.1) is 0 Å². The van der Waals surface area contributed by atoms with Crippen LogP contribution in [-0.4, -0.2) is 29.6 Å². The largest absolute Gasteiger partial charge is 0.335 e. The summed E-state index contributed by atoms with van der Waals surface area (Å²) >= 11 is 0. The third kappa shape index (κ3) is 4.90. The minimum Gasteiger partial charge on any atom is -0.335 e. The van der Waals surface area contributed by atoms with Gasteiger partial charge in [-0.1, -0.05) is 84.9 Å². The highest BCUT2D eigenvalue weighted by Gasteiger charge is 2.44. The van der Waals surface area contributed by atoms with Gasteiger partial charge in [0, 0.05) is 18.1 Å². The van der Waals surface area contributed by atoms with Crippen LogP contribution in [0.25, 0.3) is 0 Å². The van der Waals surface area contributed by atoms with Crippen molar-refractivity contribution in [2.75, 3.05) is 6.54 Å². The average Bonchev–Trinajstić information content (AvgIpc) is 3.55. The van der Waals surface area contributed by atoms with E-state index in [1.807, 2.05) is 67.6 Å². The van der Waals surface area contributed by atoms with E-state index in [0.717, 1.165) is 42.7 Å². The molecule has 1 saturated heterocycles. The minimum atomic E-state index is -0.980. The highest BCUT2D eigenvalue weighted by atomic mass is 16.2. The van der Waals surface area contributed by atoms with Gasteiger partial charge >= 0.3 is 6.03 Å². The van der Waals surface area contributed by atoms with Gasteiger partial charge in [-0.25, -0.2) is 4.79 Å². The van der Waals surface area contributed by atoms with E-state index >= 15 is 0 Å². The van der Waals surface area contributed by atoms with Gasteiger partial charge in [0.15, 0.2) is 0 Å². The zero-order valence-electron chi connectivity index (χ0n) is 23.4. The van der Waals surface area contributed by atoms with Crippen molar-refractivity contribution >= 4 is 6.03 Å². The number of amides is 2. The second kappa shape index (κ2) is 11.5. The molecule has 6 rings (SSSR count). The number of urea groups is 1. The van der Waals surface area contributed by atoms with Crippen molar-refractivity contribution in [3.8, 4) is 6.07 Å². The van der Waals surface area contributed by atoms with Gasteiger partial charge in [0.1, 0.15) is 5.41 Å². The van der Waals surface area contributed by atoms with E-state index in [1.165, 1.54) is 25.8 Å². The molecule has 3 aromatic rings. The Balaban J connectivity index is 1.02. The molecular weight excluding hydrogens is 492 g/mol. The number of benzene rings is 3. The van der Waals surface area contributed by atoms with Crippen molar-refractivity contribution in [3.05, 3.63) is 107 Å². The number of hydrogen-bond donors (Lipinski definition) is 2. The van der Waals surface area contributed by atoms with Crippen molar-refractivity contribution in [2.24, 2.45) is 5.92 Å². The molecule has 40 heavy (non-hydrogen) atoms. The fourth-order valence-electron chi connectivity index (χ4n) is 7.72. The molecule has 2 N–H and O–H groups in total. The minimum absolute atomic E-state index is 0.181. The van der Waals surface area contributed by atoms with E-state index in [9.17, 15) is 10.1 Å². The zero-order chi connectivity index (χ0) is 27.5. The number of nitrogens with one attached hydrogen (secondary N) is 2. The van der Waals surface area contributed by atoms with Crippen molar-refractivity contribution in [2.45, 2.75) is 81.5 Å². The summed E-state index contributed by atoms with van der Waals surface area (Å²) in [5.41, 5.74) is 3.91. The average molecular weight is 533 g/mol. The lowest BCUT2D eigenvalue weighted by molar-refractivity contribution is 0.185. The summed E-state index contributed by atoms with van der Waals surface area (Å²) in [5.74, 6) is 0.727. The Kier molecular flexibility index (Phi) is 7.63.